The Hall–Kier alpha value is -1.21. The summed E-state index contributed by atoms with van der Waals surface area (Å²) in [6.07, 6.45) is 3.41. The van der Waals surface area contributed by atoms with Crippen molar-refractivity contribution in [3.05, 3.63) is 27.3 Å². The van der Waals surface area contributed by atoms with Gasteiger partial charge in [0.05, 0.1) is 10.0 Å². The van der Waals surface area contributed by atoms with Crippen molar-refractivity contribution in [3.8, 4) is 0 Å². The van der Waals surface area contributed by atoms with Crippen LogP contribution in [0.25, 0.3) is 0 Å². The molecule has 0 aliphatic carbocycles. The van der Waals surface area contributed by atoms with Crippen LogP contribution in [-0.4, -0.2) is 15.0 Å². The number of aromatic nitrogens is 3. The van der Waals surface area contributed by atoms with Crippen molar-refractivity contribution < 1.29 is 0 Å². The van der Waals surface area contributed by atoms with Crippen LogP contribution >= 0.6 is 27.3 Å². The van der Waals surface area contributed by atoms with Crippen LogP contribution in [-0.2, 0) is 5.54 Å². The van der Waals surface area contributed by atoms with Gasteiger partial charge in [-0.2, -0.15) is 4.98 Å². The molecule has 2 aromatic heterocycles. The molecular formula is C10H12BrN5S. The summed E-state index contributed by atoms with van der Waals surface area (Å²) in [5.41, 5.74) is 5.26. The third kappa shape index (κ3) is 2.73. The molecular weight excluding hydrogens is 302 g/mol. The first kappa shape index (κ1) is 12.3. The summed E-state index contributed by atoms with van der Waals surface area (Å²) in [6, 6.07) is 0. The fraction of sp³-hybridized carbons (Fsp3) is 0.300. The third-order valence-electron chi connectivity index (χ3n) is 2.16. The van der Waals surface area contributed by atoms with Crippen LogP contribution in [0.15, 0.2) is 22.2 Å². The summed E-state index contributed by atoms with van der Waals surface area (Å²) < 4.78 is 0.774. The van der Waals surface area contributed by atoms with E-state index in [0.717, 1.165) is 9.48 Å². The fourth-order valence-corrected chi connectivity index (χ4v) is 2.36. The monoisotopic (exact) mass is 313 g/mol. The summed E-state index contributed by atoms with van der Waals surface area (Å²) in [7, 11) is 0. The quantitative estimate of drug-likeness (QED) is 0.911. The van der Waals surface area contributed by atoms with Gasteiger partial charge >= 0.3 is 0 Å². The predicted molar refractivity (Wildman–Crippen MR) is 72.9 cm³/mol. The maximum absolute atomic E-state index is 5.57. The predicted octanol–water partition coefficient (Wildman–Crippen LogP) is 2.62. The van der Waals surface area contributed by atoms with Crippen LogP contribution in [0.4, 0.5) is 11.8 Å². The van der Waals surface area contributed by atoms with Gasteiger partial charge in [-0.15, -0.1) is 11.3 Å². The van der Waals surface area contributed by atoms with E-state index >= 15 is 0 Å². The van der Waals surface area contributed by atoms with E-state index in [9.17, 15) is 0 Å². The van der Waals surface area contributed by atoms with Gasteiger partial charge in [0.15, 0.2) is 0 Å². The molecule has 2 aromatic rings. The molecule has 0 aliphatic rings. The lowest BCUT2D eigenvalue weighted by Gasteiger charge is -2.25. The highest BCUT2D eigenvalue weighted by Gasteiger charge is 2.24. The van der Waals surface area contributed by atoms with E-state index in [2.05, 4.69) is 36.2 Å². The second kappa shape index (κ2) is 4.58. The first-order valence-electron chi connectivity index (χ1n) is 4.95. The molecule has 0 radical (unpaired) electrons. The van der Waals surface area contributed by atoms with Crippen LogP contribution in [0, 0.1) is 0 Å². The Labute approximate surface area is 112 Å². The Kier molecular flexibility index (Phi) is 3.30. The molecule has 2 heterocycles. The number of nitrogens with two attached hydrogens (primary N) is 1. The highest BCUT2D eigenvalue weighted by Crippen LogP contribution is 2.29. The number of hydrogen-bond acceptors (Lipinski definition) is 6. The number of hydrogen-bond donors (Lipinski definition) is 2. The largest absolute Gasteiger partial charge is 0.368 e. The third-order valence-corrected chi connectivity index (χ3v) is 3.84. The molecule has 7 heteroatoms. The van der Waals surface area contributed by atoms with Gasteiger partial charge in [-0.3, -0.25) is 0 Å². The minimum Gasteiger partial charge on any atom is -0.368 e. The smallest absolute Gasteiger partial charge is 0.221 e. The first-order chi connectivity index (χ1) is 7.99. The van der Waals surface area contributed by atoms with Gasteiger partial charge in [-0.25, -0.2) is 9.97 Å². The first-order valence-corrected chi connectivity index (χ1v) is 6.62. The molecule has 0 spiro atoms. The van der Waals surface area contributed by atoms with Gasteiger partial charge in [-0.05, 0) is 29.8 Å². The zero-order valence-corrected chi connectivity index (χ0v) is 11.8. The average Bonchev–Trinajstić information content (AvgIpc) is 2.77. The fourth-order valence-electron chi connectivity index (χ4n) is 1.35. The van der Waals surface area contributed by atoms with Gasteiger partial charge in [0.1, 0.15) is 10.8 Å². The van der Waals surface area contributed by atoms with Crippen molar-refractivity contribution in [2.45, 2.75) is 19.4 Å². The van der Waals surface area contributed by atoms with E-state index in [4.69, 9.17) is 5.73 Å². The van der Waals surface area contributed by atoms with E-state index in [0.29, 0.717) is 5.82 Å². The number of nitrogens with zero attached hydrogens (tertiary/aromatic N) is 3. The molecule has 17 heavy (non-hydrogen) atoms. The van der Waals surface area contributed by atoms with E-state index in [1.54, 1.807) is 23.7 Å². The lowest BCUT2D eigenvalue weighted by molar-refractivity contribution is 0.600. The summed E-state index contributed by atoms with van der Waals surface area (Å²) in [4.78, 5) is 12.4. The maximum Gasteiger partial charge on any atom is 0.221 e. The number of thiazole rings is 1. The van der Waals surface area contributed by atoms with E-state index < -0.39 is 0 Å². The van der Waals surface area contributed by atoms with Gasteiger partial charge in [0.2, 0.25) is 5.95 Å². The minimum absolute atomic E-state index is 0.241. The van der Waals surface area contributed by atoms with Crippen molar-refractivity contribution in [2.24, 2.45) is 0 Å². The normalized spacial score (nSPS) is 11.5. The minimum atomic E-state index is -0.308. The molecule has 0 fully saturated rings. The molecule has 0 unspecified atom stereocenters. The molecule has 3 N–H and O–H groups in total. The number of anilines is 2. The highest BCUT2D eigenvalue weighted by molar-refractivity contribution is 9.10. The van der Waals surface area contributed by atoms with Crippen LogP contribution in [0.3, 0.4) is 0 Å². The molecule has 2 rings (SSSR count). The molecule has 90 valence electrons. The molecule has 0 saturated carbocycles. The zero-order chi connectivity index (χ0) is 12.5. The van der Waals surface area contributed by atoms with Crippen LogP contribution in [0.2, 0.25) is 0 Å². The summed E-state index contributed by atoms with van der Waals surface area (Å²) in [6.45, 7) is 4.08. The summed E-state index contributed by atoms with van der Waals surface area (Å²) >= 11 is 4.98. The Morgan fingerprint density at radius 2 is 2.18 bits per heavy atom. The average molecular weight is 314 g/mol. The molecule has 0 amide bonds. The lowest BCUT2D eigenvalue weighted by Crippen LogP contribution is -2.28. The molecule has 0 atom stereocenters. The Morgan fingerprint density at radius 3 is 2.82 bits per heavy atom. The van der Waals surface area contributed by atoms with Crippen molar-refractivity contribution >= 4 is 39.0 Å². The van der Waals surface area contributed by atoms with E-state index in [-0.39, 0.29) is 11.5 Å². The van der Waals surface area contributed by atoms with E-state index in [1.165, 1.54) is 0 Å². The van der Waals surface area contributed by atoms with Gasteiger partial charge < -0.3 is 11.1 Å². The molecule has 0 bridgehead atoms. The number of halogens is 1. The topological polar surface area (TPSA) is 76.7 Å². The van der Waals surface area contributed by atoms with Crippen LogP contribution < -0.4 is 11.1 Å². The van der Waals surface area contributed by atoms with Crippen molar-refractivity contribution in [1.82, 2.24) is 15.0 Å². The standard InChI is InChI=1S/C10H12BrN5S/c1-10(2,8-13-3-4-17-8)16-7-6(11)5-14-9(12)15-7/h3-5H,1-2H3,(H3,12,14,15,16). The van der Waals surface area contributed by atoms with Gasteiger partial charge in [-0.1, -0.05) is 0 Å². The maximum atomic E-state index is 5.57. The van der Waals surface area contributed by atoms with Crippen molar-refractivity contribution in [3.63, 3.8) is 0 Å². The lowest BCUT2D eigenvalue weighted by atomic mass is 10.1. The van der Waals surface area contributed by atoms with Crippen LogP contribution in [0.1, 0.15) is 18.9 Å². The molecule has 0 aromatic carbocycles. The summed E-state index contributed by atoms with van der Waals surface area (Å²) in [5, 5.41) is 6.23. The van der Waals surface area contributed by atoms with Crippen LogP contribution in [0.5, 0.6) is 0 Å². The SMILES string of the molecule is CC(C)(Nc1nc(N)ncc1Br)c1nccs1. The van der Waals surface area contributed by atoms with Gasteiger partial charge in [0.25, 0.3) is 0 Å². The highest BCUT2D eigenvalue weighted by atomic mass is 79.9. The Bertz CT molecular complexity index is 511. The Balaban J connectivity index is 2.29. The number of rotatable bonds is 3. The number of nitrogens with one attached hydrogen (secondary N) is 1. The number of nitrogen functional groups attached to an aromatic ring is 1. The zero-order valence-electron chi connectivity index (χ0n) is 9.44. The van der Waals surface area contributed by atoms with Crippen molar-refractivity contribution in [2.75, 3.05) is 11.1 Å². The molecule has 0 saturated heterocycles. The van der Waals surface area contributed by atoms with E-state index in [1.807, 2.05) is 19.2 Å². The van der Waals surface area contributed by atoms with Crippen molar-refractivity contribution in [1.29, 1.82) is 0 Å². The molecule has 5 nitrogen and oxygen atoms in total. The molecule has 0 aliphatic heterocycles. The Morgan fingerprint density at radius 1 is 1.41 bits per heavy atom. The van der Waals surface area contributed by atoms with Gasteiger partial charge in [0, 0.05) is 17.8 Å². The second-order valence-corrected chi connectivity index (χ2v) is 5.76. The second-order valence-electron chi connectivity index (χ2n) is 4.01. The summed E-state index contributed by atoms with van der Waals surface area (Å²) in [5.74, 6) is 0.906.